The van der Waals surface area contributed by atoms with Gasteiger partial charge in [-0.25, -0.2) is 9.78 Å². The number of nitro groups is 1. The summed E-state index contributed by atoms with van der Waals surface area (Å²) in [5.74, 6) is -2.32. The molecule has 0 bridgehead atoms. The molecule has 2 heterocycles. The summed E-state index contributed by atoms with van der Waals surface area (Å²) >= 11 is 0. The molecule has 0 unspecified atom stereocenters. The Kier molecular flexibility index (Phi) is 8.80. The molecule has 246 valence electrons. The molecule has 3 aromatic rings. The van der Waals surface area contributed by atoms with Gasteiger partial charge < -0.3 is 25.4 Å². The highest BCUT2D eigenvalue weighted by atomic mass is 16.6. The van der Waals surface area contributed by atoms with E-state index in [1.165, 1.54) is 24.0 Å². The Bertz CT molecular complexity index is 1720. The molecule has 1 aliphatic heterocycles. The molecule has 3 amide bonds. The molecule has 13 heteroatoms. The van der Waals surface area contributed by atoms with Gasteiger partial charge in [-0.05, 0) is 37.7 Å². The van der Waals surface area contributed by atoms with Gasteiger partial charge in [0.05, 0.1) is 22.7 Å². The van der Waals surface area contributed by atoms with E-state index in [4.69, 9.17) is 9.72 Å². The summed E-state index contributed by atoms with van der Waals surface area (Å²) < 4.78 is 6.51. The van der Waals surface area contributed by atoms with Gasteiger partial charge in [0.1, 0.15) is 29.5 Å². The number of carboxylic acid groups (broad SMARTS) is 1. The van der Waals surface area contributed by atoms with E-state index >= 15 is 0 Å². The van der Waals surface area contributed by atoms with Gasteiger partial charge in [0, 0.05) is 42.5 Å². The number of carbonyl (C=O) groups is 4. The van der Waals surface area contributed by atoms with Crippen molar-refractivity contribution in [1.82, 2.24) is 20.5 Å². The summed E-state index contributed by atoms with van der Waals surface area (Å²) in [4.78, 5) is 69.4. The maximum atomic E-state index is 14.3. The highest BCUT2D eigenvalue weighted by Crippen LogP contribution is 2.38. The molecule has 2 aliphatic carbocycles. The molecule has 2 aromatic carbocycles. The van der Waals surface area contributed by atoms with Crippen molar-refractivity contribution < 1.29 is 33.9 Å². The number of nitrogens with one attached hydrogen (secondary N) is 2. The number of nitrogens with zero attached hydrogens (tertiary/aromatic N) is 3. The lowest BCUT2D eigenvalue weighted by atomic mass is 9.83. The summed E-state index contributed by atoms with van der Waals surface area (Å²) in [6.45, 7) is 1.34. The molecule has 0 radical (unpaired) electrons. The number of amides is 3. The van der Waals surface area contributed by atoms with Crippen molar-refractivity contribution in [3.63, 3.8) is 0 Å². The van der Waals surface area contributed by atoms with E-state index in [2.05, 4.69) is 10.6 Å². The summed E-state index contributed by atoms with van der Waals surface area (Å²) in [5, 5.41) is 27.3. The third kappa shape index (κ3) is 6.74. The van der Waals surface area contributed by atoms with E-state index in [-0.39, 0.29) is 43.3 Å². The van der Waals surface area contributed by atoms with Crippen molar-refractivity contribution in [3.8, 4) is 17.0 Å². The molecule has 1 aromatic heterocycles. The van der Waals surface area contributed by atoms with Crippen LogP contribution in [0.5, 0.6) is 5.75 Å². The van der Waals surface area contributed by atoms with E-state index in [9.17, 15) is 34.4 Å². The van der Waals surface area contributed by atoms with E-state index in [1.54, 1.807) is 12.1 Å². The van der Waals surface area contributed by atoms with Crippen LogP contribution in [0.1, 0.15) is 58.3 Å². The number of carboxylic acids is 1. The van der Waals surface area contributed by atoms with Crippen LogP contribution < -0.4 is 15.4 Å². The Hall–Kier alpha value is -5.07. The van der Waals surface area contributed by atoms with Crippen molar-refractivity contribution in [2.45, 2.75) is 82.0 Å². The zero-order valence-corrected chi connectivity index (χ0v) is 26.0. The summed E-state index contributed by atoms with van der Waals surface area (Å²) in [6.07, 6.45) is 4.30. The molecule has 1 saturated heterocycles. The molecule has 3 atom stereocenters. The monoisotopic (exact) mass is 643 g/mol. The fraction of sp³-hybridized carbons (Fsp3) is 0.441. The second-order valence-corrected chi connectivity index (χ2v) is 12.8. The second-order valence-electron chi connectivity index (χ2n) is 12.8. The van der Waals surface area contributed by atoms with Gasteiger partial charge in [-0.15, -0.1) is 0 Å². The molecule has 6 rings (SSSR count). The van der Waals surface area contributed by atoms with Crippen LogP contribution in [0.4, 0.5) is 5.69 Å². The Labute approximate surface area is 270 Å². The summed E-state index contributed by atoms with van der Waals surface area (Å²) in [5.41, 5.74) is 0.323. The number of likely N-dealkylation sites (tertiary alicyclic amines) is 1. The van der Waals surface area contributed by atoms with E-state index in [1.807, 2.05) is 30.3 Å². The predicted molar refractivity (Wildman–Crippen MR) is 170 cm³/mol. The maximum absolute atomic E-state index is 14.3. The topological polar surface area (TPSA) is 181 Å². The number of non-ortho nitro benzene ring substituents is 1. The minimum absolute atomic E-state index is 0.0147. The zero-order chi connectivity index (χ0) is 33.3. The number of benzene rings is 2. The van der Waals surface area contributed by atoms with Crippen molar-refractivity contribution in [2.75, 3.05) is 6.54 Å². The second kappa shape index (κ2) is 13.0. The van der Waals surface area contributed by atoms with Crippen molar-refractivity contribution in [2.24, 2.45) is 5.92 Å². The Balaban J connectivity index is 1.35. The van der Waals surface area contributed by atoms with Gasteiger partial charge in [0.25, 0.3) is 5.69 Å². The lowest BCUT2D eigenvalue weighted by molar-refractivity contribution is -0.384. The highest BCUT2D eigenvalue weighted by Gasteiger charge is 2.54. The number of ether oxygens (including phenoxy) is 1. The number of aliphatic carboxylic acids is 1. The lowest BCUT2D eigenvalue weighted by Crippen LogP contribution is -2.57. The van der Waals surface area contributed by atoms with Crippen LogP contribution in [0.25, 0.3) is 22.2 Å². The Morgan fingerprint density at radius 2 is 1.79 bits per heavy atom. The van der Waals surface area contributed by atoms with Crippen LogP contribution in [0, 0.1) is 16.0 Å². The molecule has 47 heavy (non-hydrogen) atoms. The van der Waals surface area contributed by atoms with E-state index < -0.39 is 46.4 Å². The van der Waals surface area contributed by atoms with Crippen LogP contribution in [0.2, 0.25) is 0 Å². The highest BCUT2D eigenvalue weighted by molar-refractivity contribution is 5.96. The van der Waals surface area contributed by atoms with Gasteiger partial charge in [-0.2, -0.15) is 0 Å². The minimum Gasteiger partial charge on any atom is -0.488 e. The molecule has 3 aliphatic rings. The molecule has 13 nitrogen and oxygen atoms in total. The third-order valence-electron chi connectivity index (χ3n) is 9.44. The maximum Gasteiger partial charge on any atom is 0.329 e. The van der Waals surface area contributed by atoms with Gasteiger partial charge in [-0.1, -0.05) is 49.6 Å². The number of nitro benzene ring substituents is 1. The lowest BCUT2D eigenvalue weighted by Gasteiger charge is -2.34. The third-order valence-corrected chi connectivity index (χ3v) is 9.44. The van der Waals surface area contributed by atoms with Crippen LogP contribution in [0.3, 0.4) is 0 Å². The number of hydrogen-bond acceptors (Lipinski definition) is 8. The number of hydrogen-bond donors (Lipinski definition) is 3. The van der Waals surface area contributed by atoms with Crippen LogP contribution >= 0.6 is 0 Å². The molecular formula is C34H37N5O8. The van der Waals surface area contributed by atoms with Crippen LogP contribution in [-0.2, 0) is 19.2 Å². The Morgan fingerprint density at radius 3 is 2.43 bits per heavy atom. The van der Waals surface area contributed by atoms with Crippen molar-refractivity contribution in [1.29, 1.82) is 0 Å². The molecular weight excluding hydrogens is 606 g/mol. The zero-order valence-electron chi connectivity index (χ0n) is 26.0. The van der Waals surface area contributed by atoms with Crippen molar-refractivity contribution in [3.05, 3.63) is 64.7 Å². The van der Waals surface area contributed by atoms with Gasteiger partial charge >= 0.3 is 5.97 Å². The number of aromatic nitrogens is 1. The number of fused-ring (bicyclic) bond motifs is 1. The standard InChI is InChI=1S/C34H37N5O8/c1-20(40)35-30(22-10-6-3-7-11-22)32(42)38-19-24(17-28(38)31(41)37-34(14-15-34)33(43)44)47-29-18-27(21-8-4-2-5-9-21)36-26-13-12-23(39(45)46)16-25(26)29/h2,4-5,8-9,12-13,16,18,22,24,28,30H,3,6-7,10-11,14-15,17,19H2,1H3,(H,35,40)(H,37,41)(H,43,44)/t24-,28+,30+/m1/s1. The average Bonchev–Trinajstić information content (AvgIpc) is 3.73. The molecule has 0 spiro atoms. The molecule has 3 fully saturated rings. The Morgan fingerprint density at radius 1 is 1.06 bits per heavy atom. The first-order valence-corrected chi connectivity index (χ1v) is 16.0. The SMILES string of the molecule is CC(=O)N[C@H](C(=O)N1C[C@H](Oc2cc(-c3ccccc3)nc3ccc([N+](=O)[O-])cc23)C[C@H]1C(=O)NC1(C(=O)O)CC1)C1CCCCC1. The minimum atomic E-state index is -1.37. The molecule has 3 N–H and O–H groups in total. The van der Waals surface area contributed by atoms with E-state index in [0.717, 1.165) is 37.7 Å². The van der Waals surface area contributed by atoms with Gasteiger partial charge in [-0.3, -0.25) is 24.5 Å². The van der Waals surface area contributed by atoms with Gasteiger partial charge in [0.2, 0.25) is 17.7 Å². The first kappa shape index (κ1) is 31.9. The fourth-order valence-corrected chi connectivity index (χ4v) is 6.79. The molecule has 2 saturated carbocycles. The summed E-state index contributed by atoms with van der Waals surface area (Å²) in [7, 11) is 0. The smallest absolute Gasteiger partial charge is 0.329 e. The average molecular weight is 644 g/mol. The van der Waals surface area contributed by atoms with Crippen molar-refractivity contribution >= 4 is 40.3 Å². The van der Waals surface area contributed by atoms with E-state index in [0.29, 0.717) is 22.3 Å². The predicted octanol–water partition coefficient (Wildman–Crippen LogP) is 3.98. The largest absolute Gasteiger partial charge is 0.488 e. The summed E-state index contributed by atoms with van der Waals surface area (Å²) in [6, 6.07) is 13.5. The number of carbonyl (C=O) groups excluding carboxylic acids is 3. The fourth-order valence-electron chi connectivity index (χ4n) is 6.79. The van der Waals surface area contributed by atoms with Gasteiger partial charge in [0.15, 0.2) is 0 Å². The first-order valence-electron chi connectivity index (χ1n) is 16.0. The number of pyridine rings is 1. The normalized spacial score (nSPS) is 21.1. The quantitative estimate of drug-likeness (QED) is 0.217. The van der Waals surface area contributed by atoms with Crippen LogP contribution in [-0.4, -0.2) is 73.9 Å². The van der Waals surface area contributed by atoms with Crippen LogP contribution in [0.15, 0.2) is 54.6 Å². The number of rotatable bonds is 10. The first-order chi connectivity index (χ1) is 22.5.